The highest BCUT2D eigenvalue weighted by Crippen LogP contribution is 2.16. The molecule has 3 aromatic rings. The highest BCUT2D eigenvalue weighted by molar-refractivity contribution is 14.1. The molecule has 1 aromatic heterocycles. The molecule has 1 heterocycles. The zero-order valence-electron chi connectivity index (χ0n) is 9.85. The monoisotopic (exact) mass is 363 g/mol. The third-order valence-electron chi connectivity index (χ3n) is 2.74. The van der Waals surface area contributed by atoms with Gasteiger partial charge in [0.05, 0.1) is 16.6 Å². The topological polar surface area (TPSA) is 57.8 Å². The number of rotatable bonds is 2. The van der Waals surface area contributed by atoms with Crippen molar-refractivity contribution in [2.75, 3.05) is 5.32 Å². The van der Waals surface area contributed by atoms with Crippen LogP contribution in [0.15, 0.2) is 48.5 Å². The van der Waals surface area contributed by atoms with E-state index >= 15 is 0 Å². The van der Waals surface area contributed by atoms with Crippen molar-refractivity contribution in [3.05, 3.63) is 57.7 Å². The summed E-state index contributed by atoms with van der Waals surface area (Å²) in [6, 6.07) is 15.1. The van der Waals surface area contributed by atoms with Crippen LogP contribution in [0.2, 0.25) is 0 Å². The van der Waals surface area contributed by atoms with Crippen LogP contribution in [0.1, 0.15) is 10.4 Å². The van der Waals surface area contributed by atoms with Gasteiger partial charge in [0.1, 0.15) is 0 Å². The minimum Gasteiger partial charge on any atom is -0.324 e. The molecule has 0 fully saturated rings. The van der Waals surface area contributed by atoms with E-state index in [1.807, 2.05) is 42.5 Å². The van der Waals surface area contributed by atoms with Crippen molar-refractivity contribution in [1.29, 1.82) is 0 Å². The van der Waals surface area contributed by atoms with Gasteiger partial charge in [-0.2, -0.15) is 0 Å². The number of anilines is 1. The van der Waals surface area contributed by atoms with E-state index in [2.05, 4.69) is 37.9 Å². The largest absolute Gasteiger partial charge is 0.324 e. The van der Waals surface area contributed by atoms with Crippen molar-refractivity contribution in [3.63, 3.8) is 0 Å². The van der Waals surface area contributed by atoms with Gasteiger partial charge in [0.2, 0.25) is 5.95 Å². The molecular weight excluding hydrogens is 353 g/mol. The predicted octanol–water partition coefficient (Wildman–Crippen LogP) is 3.42. The summed E-state index contributed by atoms with van der Waals surface area (Å²) in [5, 5.41) is 2.78. The summed E-state index contributed by atoms with van der Waals surface area (Å²) in [5.41, 5.74) is 2.38. The molecule has 0 saturated heterocycles. The van der Waals surface area contributed by atoms with Crippen molar-refractivity contribution in [2.24, 2.45) is 0 Å². The molecule has 0 unspecified atom stereocenters. The van der Waals surface area contributed by atoms with Gasteiger partial charge < -0.3 is 4.98 Å². The summed E-state index contributed by atoms with van der Waals surface area (Å²) in [6.45, 7) is 0. The third kappa shape index (κ3) is 2.46. The van der Waals surface area contributed by atoms with Gasteiger partial charge in [-0.15, -0.1) is 0 Å². The van der Waals surface area contributed by atoms with Crippen molar-refractivity contribution in [3.8, 4) is 0 Å². The van der Waals surface area contributed by atoms with Crippen LogP contribution in [0, 0.1) is 3.57 Å². The molecule has 0 bridgehead atoms. The van der Waals surface area contributed by atoms with Gasteiger partial charge in [-0.25, -0.2) is 4.98 Å². The standard InChI is InChI=1S/C14H10IN3O/c15-10-6-2-1-5-9(10)13(19)18-14-16-11-7-3-4-8-12(11)17-14/h1-8H,(H2,16,17,18,19). The third-order valence-corrected chi connectivity index (χ3v) is 3.68. The van der Waals surface area contributed by atoms with Crippen LogP contribution >= 0.6 is 22.6 Å². The number of aromatic amines is 1. The first-order valence-corrected chi connectivity index (χ1v) is 6.82. The summed E-state index contributed by atoms with van der Waals surface area (Å²) in [6.07, 6.45) is 0. The van der Waals surface area contributed by atoms with Crippen LogP contribution in [0.3, 0.4) is 0 Å². The average Bonchev–Trinajstić information content (AvgIpc) is 2.81. The second-order valence-electron chi connectivity index (χ2n) is 4.04. The van der Waals surface area contributed by atoms with Gasteiger partial charge in [0.15, 0.2) is 0 Å². The molecule has 5 heteroatoms. The fourth-order valence-electron chi connectivity index (χ4n) is 1.83. The zero-order chi connectivity index (χ0) is 13.2. The number of benzene rings is 2. The lowest BCUT2D eigenvalue weighted by Crippen LogP contribution is -2.14. The van der Waals surface area contributed by atoms with Crippen molar-refractivity contribution < 1.29 is 4.79 Å². The number of carbonyl (C=O) groups is 1. The predicted molar refractivity (Wildman–Crippen MR) is 83.2 cm³/mol. The second-order valence-corrected chi connectivity index (χ2v) is 5.20. The first-order valence-electron chi connectivity index (χ1n) is 5.75. The van der Waals surface area contributed by atoms with E-state index in [1.165, 1.54) is 0 Å². The van der Waals surface area contributed by atoms with E-state index in [1.54, 1.807) is 6.07 Å². The first kappa shape index (κ1) is 12.2. The van der Waals surface area contributed by atoms with Crippen molar-refractivity contribution in [2.45, 2.75) is 0 Å². The Morgan fingerprint density at radius 3 is 2.63 bits per heavy atom. The number of fused-ring (bicyclic) bond motifs is 1. The Labute approximate surface area is 123 Å². The lowest BCUT2D eigenvalue weighted by Gasteiger charge is -2.03. The quantitative estimate of drug-likeness (QED) is 0.686. The van der Waals surface area contributed by atoms with Gasteiger partial charge in [-0.3, -0.25) is 10.1 Å². The molecule has 2 N–H and O–H groups in total. The Hall–Kier alpha value is -1.89. The SMILES string of the molecule is O=C(Nc1nc2ccccc2[nH]1)c1ccccc1I. The van der Waals surface area contributed by atoms with Gasteiger partial charge in [0.25, 0.3) is 5.91 Å². The van der Waals surface area contributed by atoms with Crippen LogP contribution in [0.25, 0.3) is 11.0 Å². The number of nitrogens with one attached hydrogen (secondary N) is 2. The molecule has 0 saturated carbocycles. The lowest BCUT2D eigenvalue weighted by atomic mass is 10.2. The summed E-state index contributed by atoms with van der Waals surface area (Å²) < 4.78 is 0.911. The van der Waals surface area contributed by atoms with Gasteiger partial charge in [-0.05, 0) is 46.9 Å². The van der Waals surface area contributed by atoms with Crippen LogP contribution in [0.5, 0.6) is 0 Å². The summed E-state index contributed by atoms with van der Waals surface area (Å²) in [7, 11) is 0. The Bertz CT molecular complexity index is 718. The molecule has 1 amide bonds. The number of H-pyrrole nitrogens is 1. The van der Waals surface area contributed by atoms with E-state index in [9.17, 15) is 4.79 Å². The second kappa shape index (κ2) is 5.00. The average molecular weight is 363 g/mol. The van der Waals surface area contributed by atoms with Crippen molar-refractivity contribution >= 4 is 45.5 Å². The van der Waals surface area contributed by atoms with Gasteiger partial charge >= 0.3 is 0 Å². The number of carbonyl (C=O) groups excluding carboxylic acids is 1. The maximum absolute atomic E-state index is 12.1. The zero-order valence-corrected chi connectivity index (χ0v) is 12.0. The Morgan fingerprint density at radius 2 is 1.84 bits per heavy atom. The maximum atomic E-state index is 12.1. The van der Waals surface area contributed by atoms with Crippen LogP contribution in [-0.2, 0) is 0 Å². The molecule has 4 nitrogen and oxygen atoms in total. The molecule has 0 atom stereocenters. The van der Waals surface area contributed by atoms with Crippen LogP contribution < -0.4 is 5.32 Å². The summed E-state index contributed by atoms with van der Waals surface area (Å²) in [5.74, 6) is 0.301. The first-order chi connectivity index (χ1) is 9.24. The molecule has 2 aromatic carbocycles. The lowest BCUT2D eigenvalue weighted by molar-refractivity contribution is 0.102. The Kier molecular flexibility index (Phi) is 3.20. The van der Waals surface area contributed by atoms with E-state index in [4.69, 9.17) is 0 Å². The molecule has 0 spiro atoms. The smallest absolute Gasteiger partial charge is 0.259 e. The van der Waals surface area contributed by atoms with Gasteiger partial charge in [-0.1, -0.05) is 24.3 Å². The molecule has 0 aliphatic heterocycles. The van der Waals surface area contributed by atoms with E-state index in [-0.39, 0.29) is 5.91 Å². The Morgan fingerprint density at radius 1 is 1.11 bits per heavy atom. The highest BCUT2D eigenvalue weighted by Gasteiger charge is 2.11. The van der Waals surface area contributed by atoms with E-state index in [0.717, 1.165) is 14.6 Å². The normalized spacial score (nSPS) is 10.6. The van der Waals surface area contributed by atoms with Gasteiger partial charge in [0, 0.05) is 3.57 Å². The number of amides is 1. The molecule has 3 rings (SSSR count). The van der Waals surface area contributed by atoms with E-state index < -0.39 is 0 Å². The van der Waals surface area contributed by atoms with Crippen LogP contribution in [0.4, 0.5) is 5.95 Å². The molecule has 19 heavy (non-hydrogen) atoms. The molecule has 0 aliphatic rings. The number of halogens is 1. The van der Waals surface area contributed by atoms with Crippen molar-refractivity contribution in [1.82, 2.24) is 9.97 Å². The maximum Gasteiger partial charge on any atom is 0.259 e. The van der Waals surface area contributed by atoms with Crippen LogP contribution in [-0.4, -0.2) is 15.9 Å². The van der Waals surface area contributed by atoms with E-state index in [0.29, 0.717) is 11.5 Å². The number of imidazole rings is 1. The molecule has 0 radical (unpaired) electrons. The number of aromatic nitrogens is 2. The number of hydrogen-bond donors (Lipinski definition) is 2. The number of nitrogens with zero attached hydrogens (tertiary/aromatic N) is 1. The molecular formula is C14H10IN3O. The minimum atomic E-state index is -0.163. The fourth-order valence-corrected chi connectivity index (χ4v) is 2.46. The molecule has 94 valence electrons. The summed E-state index contributed by atoms with van der Waals surface area (Å²) in [4.78, 5) is 19.5. The Balaban J connectivity index is 1.89. The highest BCUT2D eigenvalue weighted by atomic mass is 127. The number of para-hydroxylation sites is 2. The minimum absolute atomic E-state index is 0.163. The number of hydrogen-bond acceptors (Lipinski definition) is 2. The fraction of sp³-hybridized carbons (Fsp3) is 0. The molecule has 0 aliphatic carbocycles. The summed E-state index contributed by atoms with van der Waals surface area (Å²) >= 11 is 2.14.